The van der Waals surface area contributed by atoms with Gasteiger partial charge < -0.3 is 10.0 Å². The molecule has 0 saturated carbocycles. The van der Waals surface area contributed by atoms with Gasteiger partial charge in [0.2, 0.25) is 5.82 Å². The van der Waals surface area contributed by atoms with Gasteiger partial charge in [0.25, 0.3) is 5.91 Å². The standard InChI is InChI=1S/C20H27N5O2S/c1-5-24(8-9-26)19(27)16-22-17-15-13-7-6-12(20(2,3)4)10-14(13)28-18(15)21-11-25(17)23-16/h11-12,26H,5-10H2,1-4H3/t12-/m0/s1. The molecule has 3 heterocycles. The largest absolute Gasteiger partial charge is 0.395 e. The Balaban J connectivity index is 1.78. The normalized spacial score (nSPS) is 17.2. The first-order valence-corrected chi connectivity index (χ1v) is 10.7. The molecule has 1 atom stereocenters. The SMILES string of the molecule is CCN(CCO)C(=O)c1nc2c3c4c(sc3ncn2n1)C[C@@H](C(C)(C)C)CC4. The Bertz CT molecular complexity index is 1030. The molecule has 3 aromatic rings. The van der Waals surface area contributed by atoms with Gasteiger partial charge in [-0.15, -0.1) is 16.4 Å². The van der Waals surface area contributed by atoms with Gasteiger partial charge in [-0.25, -0.2) is 14.5 Å². The van der Waals surface area contributed by atoms with Gasteiger partial charge in [0, 0.05) is 18.0 Å². The van der Waals surface area contributed by atoms with Gasteiger partial charge in [0.05, 0.1) is 12.0 Å². The highest BCUT2D eigenvalue weighted by Gasteiger charge is 2.32. The predicted molar refractivity (Wildman–Crippen MR) is 110 cm³/mol. The minimum atomic E-state index is -0.259. The van der Waals surface area contributed by atoms with Crippen LogP contribution < -0.4 is 0 Å². The molecule has 1 aliphatic rings. The van der Waals surface area contributed by atoms with Crippen molar-refractivity contribution in [2.75, 3.05) is 19.7 Å². The molecule has 150 valence electrons. The molecule has 0 aromatic carbocycles. The monoisotopic (exact) mass is 401 g/mol. The summed E-state index contributed by atoms with van der Waals surface area (Å²) in [7, 11) is 0. The second-order valence-electron chi connectivity index (χ2n) is 8.55. The summed E-state index contributed by atoms with van der Waals surface area (Å²) in [5.74, 6) is 0.564. The second-order valence-corrected chi connectivity index (χ2v) is 9.63. The van der Waals surface area contributed by atoms with E-state index in [4.69, 9.17) is 0 Å². The summed E-state index contributed by atoms with van der Waals surface area (Å²) in [6.07, 6.45) is 4.89. The predicted octanol–water partition coefficient (Wildman–Crippen LogP) is 2.94. The van der Waals surface area contributed by atoms with Crippen LogP contribution in [0.1, 0.15) is 55.2 Å². The van der Waals surface area contributed by atoms with E-state index >= 15 is 0 Å². The summed E-state index contributed by atoms with van der Waals surface area (Å²) in [6.45, 7) is 9.53. The van der Waals surface area contributed by atoms with Crippen LogP contribution in [0.15, 0.2) is 6.33 Å². The molecule has 3 aromatic heterocycles. The molecule has 1 aliphatic carbocycles. The summed E-state index contributed by atoms with van der Waals surface area (Å²) in [5.41, 5.74) is 2.33. The Morgan fingerprint density at radius 3 is 2.89 bits per heavy atom. The first-order chi connectivity index (χ1) is 13.3. The number of carbonyl (C=O) groups is 1. The third-order valence-electron chi connectivity index (χ3n) is 5.84. The highest BCUT2D eigenvalue weighted by Crippen LogP contribution is 2.43. The molecule has 0 unspecified atom stereocenters. The zero-order valence-corrected chi connectivity index (χ0v) is 17.7. The van der Waals surface area contributed by atoms with Crippen molar-refractivity contribution in [2.45, 2.75) is 47.0 Å². The van der Waals surface area contributed by atoms with Crippen molar-refractivity contribution in [1.82, 2.24) is 24.5 Å². The first-order valence-electron chi connectivity index (χ1n) is 9.89. The average molecular weight is 402 g/mol. The molecule has 1 amide bonds. The molecule has 0 saturated heterocycles. The van der Waals surface area contributed by atoms with Gasteiger partial charge in [-0.3, -0.25) is 4.79 Å². The molecule has 0 bridgehead atoms. The highest BCUT2D eigenvalue weighted by atomic mass is 32.1. The average Bonchev–Trinajstić information content (AvgIpc) is 3.24. The van der Waals surface area contributed by atoms with Crippen LogP contribution in [0.3, 0.4) is 0 Å². The zero-order valence-electron chi connectivity index (χ0n) is 16.9. The number of aromatic nitrogens is 4. The van der Waals surface area contributed by atoms with E-state index in [0.717, 1.165) is 29.5 Å². The van der Waals surface area contributed by atoms with Crippen molar-refractivity contribution in [1.29, 1.82) is 0 Å². The number of carbonyl (C=O) groups excluding carboxylic acids is 1. The number of fused-ring (bicyclic) bond motifs is 5. The number of amides is 1. The molecule has 4 rings (SSSR count). The summed E-state index contributed by atoms with van der Waals surface area (Å²) in [5, 5.41) is 14.6. The van der Waals surface area contributed by atoms with Crippen molar-refractivity contribution in [3.63, 3.8) is 0 Å². The fourth-order valence-electron chi connectivity index (χ4n) is 4.07. The molecule has 0 fully saturated rings. The Kier molecular flexibility index (Phi) is 4.87. The van der Waals surface area contributed by atoms with Crippen LogP contribution in [-0.2, 0) is 12.8 Å². The molecule has 0 radical (unpaired) electrons. The molecule has 8 heteroatoms. The molecular weight excluding hydrogens is 374 g/mol. The number of aliphatic hydroxyl groups is 1. The van der Waals surface area contributed by atoms with Crippen LogP contribution in [0.5, 0.6) is 0 Å². The van der Waals surface area contributed by atoms with Crippen molar-refractivity contribution < 1.29 is 9.90 Å². The Hall–Kier alpha value is -2.06. The Morgan fingerprint density at radius 1 is 1.43 bits per heavy atom. The van der Waals surface area contributed by atoms with E-state index < -0.39 is 0 Å². The van der Waals surface area contributed by atoms with Crippen LogP contribution in [0.4, 0.5) is 0 Å². The smallest absolute Gasteiger partial charge is 0.293 e. The third-order valence-corrected chi connectivity index (χ3v) is 7.00. The number of hydrogen-bond acceptors (Lipinski definition) is 6. The molecule has 28 heavy (non-hydrogen) atoms. The maximum Gasteiger partial charge on any atom is 0.293 e. The number of aryl methyl sites for hydroxylation is 1. The van der Waals surface area contributed by atoms with Crippen molar-refractivity contribution in [3.05, 3.63) is 22.6 Å². The third kappa shape index (κ3) is 3.18. The number of aliphatic hydroxyl groups excluding tert-OH is 1. The van der Waals surface area contributed by atoms with E-state index in [1.54, 1.807) is 27.1 Å². The maximum atomic E-state index is 12.7. The highest BCUT2D eigenvalue weighted by molar-refractivity contribution is 7.19. The van der Waals surface area contributed by atoms with Crippen LogP contribution in [-0.4, -0.2) is 55.2 Å². The Labute approximate surface area is 168 Å². The van der Waals surface area contributed by atoms with E-state index in [-0.39, 0.29) is 24.9 Å². The van der Waals surface area contributed by atoms with Gasteiger partial charge >= 0.3 is 0 Å². The van der Waals surface area contributed by atoms with Gasteiger partial charge in [-0.05, 0) is 43.1 Å². The van der Waals surface area contributed by atoms with E-state index in [2.05, 4.69) is 35.8 Å². The van der Waals surface area contributed by atoms with E-state index in [1.165, 1.54) is 10.4 Å². The number of nitrogens with zero attached hydrogens (tertiary/aromatic N) is 5. The van der Waals surface area contributed by atoms with Crippen LogP contribution in [0.25, 0.3) is 15.9 Å². The zero-order chi connectivity index (χ0) is 20.1. The van der Waals surface area contributed by atoms with Crippen LogP contribution >= 0.6 is 11.3 Å². The van der Waals surface area contributed by atoms with Crippen molar-refractivity contribution in [3.8, 4) is 0 Å². The second kappa shape index (κ2) is 7.08. The Morgan fingerprint density at radius 2 is 2.21 bits per heavy atom. The summed E-state index contributed by atoms with van der Waals surface area (Å²) >= 11 is 1.75. The van der Waals surface area contributed by atoms with Crippen molar-refractivity contribution >= 4 is 33.1 Å². The quantitative estimate of drug-likeness (QED) is 0.727. The number of rotatable bonds is 4. The maximum absolute atomic E-state index is 12.7. The van der Waals surface area contributed by atoms with Crippen LogP contribution in [0.2, 0.25) is 0 Å². The van der Waals surface area contributed by atoms with Gasteiger partial charge in [-0.2, -0.15) is 0 Å². The lowest BCUT2D eigenvalue weighted by Crippen LogP contribution is -2.34. The van der Waals surface area contributed by atoms with Gasteiger partial charge in [0.1, 0.15) is 11.2 Å². The molecule has 0 spiro atoms. The fraction of sp³-hybridized carbons (Fsp3) is 0.600. The van der Waals surface area contributed by atoms with E-state index in [0.29, 0.717) is 23.5 Å². The molecule has 7 nitrogen and oxygen atoms in total. The summed E-state index contributed by atoms with van der Waals surface area (Å²) in [4.78, 5) is 25.8. The number of thiophene rings is 1. The molecule has 1 N–H and O–H groups in total. The molecule has 0 aliphatic heterocycles. The van der Waals surface area contributed by atoms with Crippen molar-refractivity contribution in [2.24, 2.45) is 11.3 Å². The van der Waals surface area contributed by atoms with Crippen LogP contribution in [0, 0.1) is 11.3 Å². The summed E-state index contributed by atoms with van der Waals surface area (Å²) in [6, 6.07) is 0. The topological polar surface area (TPSA) is 83.6 Å². The lowest BCUT2D eigenvalue weighted by molar-refractivity contribution is 0.0720. The number of hydrogen-bond donors (Lipinski definition) is 1. The fourth-order valence-corrected chi connectivity index (χ4v) is 5.33. The summed E-state index contributed by atoms with van der Waals surface area (Å²) < 4.78 is 1.62. The minimum absolute atomic E-state index is 0.0776. The van der Waals surface area contributed by atoms with E-state index in [9.17, 15) is 9.90 Å². The number of likely N-dealkylation sites (N-methyl/N-ethyl adjacent to an activating group) is 1. The van der Waals surface area contributed by atoms with Gasteiger partial charge in [0.15, 0.2) is 5.65 Å². The first kappa shape index (κ1) is 19.3. The molecular formula is C20H27N5O2S. The van der Waals surface area contributed by atoms with E-state index in [1.807, 2.05) is 6.92 Å². The van der Waals surface area contributed by atoms with Gasteiger partial charge in [-0.1, -0.05) is 20.8 Å². The minimum Gasteiger partial charge on any atom is -0.395 e. The lowest BCUT2D eigenvalue weighted by atomic mass is 9.72. The lowest BCUT2D eigenvalue weighted by Gasteiger charge is -2.33.